The number of rotatable bonds is 5. The molecule has 0 atom stereocenters. The van der Waals surface area contributed by atoms with E-state index in [2.05, 4.69) is 58.8 Å². The Balaban J connectivity index is 2.43. The zero-order valence-corrected chi connectivity index (χ0v) is 16.0. The van der Waals surface area contributed by atoms with Gasteiger partial charge in [-0.05, 0) is 18.3 Å². The highest BCUT2D eigenvalue weighted by atomic mass is 16.1. The van der Waals surface area contributed by atoms with Crippen LogP contribution < -0.4 is 5.32 Å². The molecule has 0 spiro atoms. The van der Waals surface area contributed by atoms with Crippen molar-refractivity contribution < 1.29 is 4.79 Å². The van der Waals surface area contributed by atoms with Crippen LogP contribution in [-0.2, 0) is 5.41 Å². The summed E-state index contributed by atoms with van der Waals surface area (Å²) in [6.45, 7) is 15.5. The van der Waals surface area contributed by atoms with Crippen molar-refractivity contribution in [1.29, 1.82) is 0 Å². The molecule has 0 saturated carbocycles. The summed E-state index contributed by atoms with van der Waals surface area (Å²) in [6.07, 6.45) is 2.65. The second kappa shape index (κ2) is 6.91. The SMILES string of the molecule is CC(C)CCNC(=O)c1cnc2cc(C(C)(C)C)nn2c1C(C)C. The highest BCUT2D eigenvalue weighted by Crippen LogP contribution is 2.25. The quantitative estimate of drug-likeness (QED) is 0.903. The first-order valence-electron chi connectivity index (χ1n) is 8.78. The number of nitrogens with zero attached hydrogens (tertiary/aromatic N) is 3. The van der Waals surface area contributed by atoms with E-state index in [1.165, 1.54) is 0 Å². The van der Waals surface area contributed by atoms with E-state index in [0.29, 0.717) is 18.0 Å². The van der Waals surface area contributed by atoms with E-state index in [4.69, 9.17) is 5.10 Å². The van der Waals surface area contributed by atoms with Crippen LogP contribution in [0.3, 0.4) is 0 Å². The van der Waals surface area contributed by atoms with Gasteiger partial charge in [0.25, 0.3) is 5.91 Å². The van der Waals surface area contributed by atoms with Crippen molar-refractivity contribution in [3.05, 3.63) is 29.2 Å². The minimum absolute atomic E-state index is 0.0539. The minimum atomic E-state index is -0.0680. The molecule has 0 aliphatic rings. The lowest BCUT2D eigenvalue weighted by molar-refractivity contribution is 0.0949. The second-order valence-electron chi connectivity index (χ2n) is 8.20. The summed E-state index contributed by atoms with van der Waals surface area (Å²) < 4.78 is 1.84. The molecule has 0 unspecified atom stereocenters. The third kappa shape index (κ3) is 3.94. The summed E-state index contributed by atoms with van der Waals surface area (Å²) in [5.74, 6) is 0.673. The molecule has 2 aromatic rings. The smallest absolute Gasteiger partial charge is 0.254 e. The third-order valence-corrected chi connectivity index (χ3v) is 4.09. The Kier molecular flexibility index (Phi) is 5.31. The predicted molar refractivity (Wildman–Crippen MR) is 97.6 cm³/mol. The van der Waals surface area contributed by atoms with E-state index in [1.807, 2.05) is 10.6 Å². The molecule has 2 rings (SSSR count). The number of hydrogen-bond acceptors (Lipinski definition) is 3. The van der Waals surface area contributed by atoms with Gasteiger partial charge in [-0.25, -0.2) is 9.50 Å². The van der Waals surface area contributed by atoms with Crippen LogP contribution in [0.2, 0.25) is 0 Å². The van der Waals surface area contributed by atoms with Gasteiger partial charge in [-0.2, -0.15) is 5.10 Å². The molecule has 2 aromatic heterocycles. The Labute approximate surface area is 144 Å². The summed E-state index contributed by atoms with van der Waals surface area (Å²) in [7, 11) is 0. The van der Waals surface area contributed by atoms with Crippen molar-refractivity contribution in [2.75, 3.05) is 6.54 Å². The van der Waals surface area contributed by atoms with Crippen molar-refractivity contribution in [3.8, 4) is 0 Å². The Morgan fingerprint density at radius 1 is 1.25 bits per heavy atom. The van der Waals surface area contributed by atoms with Gasteiger partial charge in [0.2, 0.25) is 0 Å². The van der Waals surface area contributed by atoms with E-state index in [1.54, 1.807) is 6.20 Å². The molecule has 5 nitrogen and oxygen atoms in total. The average molecular weight is 330 g/mol. The molecule has 24 heavy (non-hydrogen) atoms. The fourth-order valence-electron chi connectivity index (χ4n) is 2.62. The first kappa shape index (κ1) is 18.4. The lowest BCUT2D eigenvalue weighted by Gasteiger charge is -2.15. The molecule has 2 heterocycles. The van der Waals surface area contributed by atoms with Crippen molar-refractivity contribution in [2.24, 2.45) is 5.92 Å². The Morgan fingerprint density at radius 3 is 2.46 bits per heavy atom. The number of nitrogens with one attached hydrogen (secondary N) is 1. The molecule has 5 heteroatoms. The third-order valence-electron chi connectivity index (χ3n) is 4.09. The summed E-state index contributed by atoms with van der Waals surface area (Å²) in [5, 5.41) is 7.74. The predicted octanol–water partition coefficient (Wildman–Crippen LogP) is 3.93. The van der Waals surface area contributed by atoms with Gasteiger partial charge >= 0.3 is 0 Å². The first-order chi connectivity index (χ1) is 11.1. The van der Waals surface area contributed by atoms with Crippen molar-refractivity contribution in [1.82, 2.24) is 19.9 Å². The van der Waals surface area contributed by atoms with Gasteiger partial charge in [0, 0.05) is 24.2 Å². The van der Waals surface area contributed by atoms with Crippen LogP contribution in [0, 0.1) is 5.92 Å². The van der Waals surface area contributed by atoms with Gasteiger partial charge in [-0.15, -0.1) is 0 Å². The molecule has 1 N–H and O–H groups in total. The van der Waals surface area contributed by atoms with Crippen LogP contribution in [-0.4, -0.2) is 27.0 Å². The molecule has 1 amide bonds. The van der Waals surface area contributed by atoms with E-state index >= 15 is 0 Å². The van der Waals surface area contributed by atoms with E-state index in [-0.39, 0.29) is 17.2 Å². The summed E-state index contributed by atoms with van der Waals surface area (Å²) in [5.41, 5.74) is 3.25. The van der Waals surface area contributed by atoms with E-state index in [9.17, 15) is 4.79 Å². The highest BCUT2D eigenvalue weighted by Gasteiger charge is 2.23. The van der Waals surface area contributed by atoms with Gasteiger partial charge in [-0.3, -0.25) is 4.79 Å². The Hall–Kier alpha value is -1.91. The fourth-order valence-corrected chi connectivity index (χ4v) is 2.62. The molecule has 0 aliphatic heterocycles. The topological polar surface area (TPSA) is 59.3 Å². The van der Waals surface area contributed by atoms with Crippen LogP contribution in [0.15, 0.2) is 12.3 Å². The maximum atomic E-state index is 12.6. The Morgan fingerprint density at radius 2 is 1.92 bits per heavy atom. The molecular weight excluding hydrogens is 300 g/mol. The molecular formula is C19H30N4O. The average Bonchev–Trinajstić information content (AvgIpc) is 2.89. The molecule has 0 aliphatic carbocycles. The van der Waals surface area contributed by atoms with Crippen LogP contribution in [0.25, 0.3) is 5.65 Å². The molecule has 0 saturated heterocycles. The normalized spacial score (nSPS) is 12.4. The van der Waals surface area contributed by atoms with Gasteiger partial charge in [0.15, 0.2) is 5.65 Å². The maximum Gasteiger partial charge on any atom is 0.254 e. The maximum absolute atomic E-state index is 12.6. The fraction of sp³-hybridized carbons (Fsp3) is 0.632. The van der Waals surface area contributed by atoms with Crippen LogP contribution in [0.5, 0.6) is 0 Å². The first-order valence-corrected chi connectivity index (χ1v) is 8.78. The van der Waals surface area contributed by atoms with Gasteiger partial charge < -0.3 is 5.32 Å². The molecule has 0 aromatic carbocycles. The lowest BCUT2D eigenvalue weighted by Crippen LogP contribution is -2.27. The zero-order chi connectivity index (χ0) is 18.1. The zero-order valence-electron chi connectivity index (χ0n) is 16.0. The lowest BCUT2D eigenvalue weighted by atomic mass is 9.93. The number of carbonyl (C=O) groups excluding carboxylic acids is 1. The van der Waals surface area contributed by atoms with Crippen LogP contribution in [0.4, 0.5) is 0 Å². The van der Waals surface area contributed by atoms with Crippen molar-refractivity contribution >= 4 is 11.6 Å². The molecule has 0 fully saturated rings. The van der Waals surface area contributed by atoms with E-state index in [0.717, 1.165) is 23.5 Å². The van der Waals surface area contributed by atoms with Gasteiger partial charge in [0.1, 0.15) is 0 Å². The van der Waals surface area contributed by atoms with Crippen LogP contribution in [0.1, 0.15) is 82.6 Å². The number of aromatic nitrogens is 3. The minimum Gasteiger partial charge on any atom is -0.352 e. The largest absolute Gasteiger partial charge is 0.352 e. The number of hydrogen-bond donors (Lipinski definition) is 1. The van der Waals surface area contributed by atoms with Gasteiger partial charge in [-0.1, -0.05) is 48.5 Å². The number of fused-ring (bicyclic) bond motifs is 1. The summed E-state index contributed by atoms with van der Waals surface area (Å²) >= 11 is 0. The van der Waals surface area contributed by atoms with Crippen molar-refractivity contribution in [3.63, 3.8) is 0 Å². The second-order valence-corrected chi connectivity index (χ2v) is 8.20. The highest BCUT2D eigenvalue weighted by molar-refractivity contribution is 5.95. The van der Waals surface area contributed by atoms with Crippen LogP contribution >= 0.6 is 0 Å². The molecule has 132 valence electrons. The molecule has 0 radical (unpaired) electrons. The van der Waals surface area contributed by atoms with Crippen molar-refractivity contribution in [2.45, 2.75) is 66.2 Å². The van der Waals surface area contributed by atoms with Gasteiger partial charge in [0.05, 0.1) is 17.0 Å². The monoisotopic (exact) mass is 330 g/mol. The Bertz CT molecular complexity index is 723. The molecule has 0 bridgehead atoms. The van der Waals surface area contributed by atoms with E-state index < -0.39 is 0 Å². The number of amides is 1. The number of carbonyl (C=O) groups is 1. The standard InChI is InChI=1S/C19H30N4O/c1-12(2)8-9-20-18(24)14-11-21-16-10-15(19(5,6)7)22-23(16)17(14)13(3)4/h10-13H,8-9H2,1-7H3,(H,20,24). The summed E-state index contributed by atoms with van der Waals surface area (Å²) in [6, 6.07) is 2.01. The summed E-state index contributed by atoms with van der Waals surface area (Å²) in [4.78, 5) is 17.1.